The average Bonchev–Trinajstić information content (AvgIpc) is 2.48. The number of carboxylic acid groups (broad SMARTS) is 1. The van der Waals surface area contributed by atoms with Crippen molar-refractivity contribution in [1.82, 2.24) is 0 Å². The highest BCUT2D eigenvalue weighted by Gasteiger charge is 2.34. The summed E-state index contributed by atoms with van der Waals surface area (Å²) in [6, 6.07) is 5.86. The molecule has 0 aliphatic carbocycles. The van der Waals surface area contributed by atoms with Gasteiger partial charge in [-0.3, -0.25) is 4.72 Å². The number of anilines is 1. The van der Waals surface area contributed by atoms with Crippen molar-refractivity contribution in [1.29, 1.82) is 0 Å². The van der Waals surface area contributed by atoms with Gasteiger partial charge in [0.15, 0.2) is 0 Å². The second-order valence-corrected chi connectivity index (χ2v) is 6.31. The van der Waals surface area contributed by atoms with Crippen LogP contribution in [-0.4, -0.2) is 19.5 Å². The molecule has 0 aliphatic heterocycles. The van der Waals surface area contributed by atoms with Gasteiger partial charge in [0.2, 0.25) is 0 Å². The van der Waals surface area contributed by atoms with Gasteiger partial charge in [-0.25, -0.2) is 17.6 Å². The molecule has 0 spiro atoms. The summed E-state index contributed by atoms with van der Waals surface area (Å²) in [7, 11) is -4.35. The SMILES string of the molecule is O=C(O)c1cccc(S(=O)(=O)Nc2ccc(F)c(C(F)(F)F)c2)c1. The maximum Gasteiger partial charge on any atom is 0.419 e. The lowest BCUT2D eigenvalue weighted by atomic mass is 10.2. The van der Waals surface area contributed by atoms with Crippen molar-refractivity contribution in [3.63, 3.8) is 0 Å². The highest BCUT2D eigenvalue weighted by atomic mass is 32.2. The molecule has 0 atom stereocenters. The summed E-state index contributed by atoms with van der Waals surface area (Å²) in [6.45, 7) is 0. The van der Waals surface area contributed by atoms with Crippen molar-refractivity contribution in [2.75, 3.05) is 4.72 Å². The molecule has 2 rings (SSSR count). The van der Waals surface area contributed by atoms with E-state index in [1.165, 1.54) is 6.07 Å². The molecule has 0 saturated carbocycles. The third kappa shape index (κ3) is 3.82. The van der Waals surface area contributed by atoms with Crippen molar-refractivity contribution in [2.45, 2.75) is 11.1 Å². The predicted molar refractivity (Wildman–Crippen MR) is 75.6 cm³/mol. The first-order chi connectivity index (χ1) is 11.0. The van der Waals surface area contributed by atoms with E-state index in [-0.39, 0.29) is 5.56 Å². The zero-order chi connectivity index (χ0) is 18.1. The number of sulfonamides is 1. The Bertz CT molecular complexity index is 894. The Kier molecular flexibility index (Phi) is 4.52. The van der Waals surface area contributed by atoms with Crippen LogP contribution in [0.4, 0.5) is 23.2 Å². The summed E-state index contributed by atoms with van der Waals surface area (Å²) < 4.78 is 77.3. The molecule has 0 aromatic heterocycles. The molecule has 0 heterocycles. The van der Waals surface area contributed by atoms with Crippen molar-refractivity contribution in [2.24, 2.45) is 0 Å². The smallest absolute Gasteiger partial charge is 0.419 e. The molecule has 5 nitrogen and oxygen atoms in total. The van der Waals surface area contributed by atoms with Gasteiger partial charge in [-0.2, -0.15) is 13.2 Å². The Morgan fingerprint density at radius 2 is 1.75 bits per heavy atom. The standard InChI is InChI=1S/C14H9F4NO4S/c15-12-5-4-9(7-11(12)14(16,17)18)19-24(22,23)10-3-1-2-8(6-10)13(20)21/h1-7,19H,(H,20,21). The number of hydrogen-bond donors (Lipinski definition) is 2. The first kappa shape index (κ1) is 17.7. The predicted octanol–water partition coefficient (Wildman–Crippen LogP) is 3.34. The van der Waals surface area contributed by atoms with Gasteiger partial charge in [-0.15, -0.1) is 0 Å². The molecular weight excluding hydrogens is 354 g/mol. The molecule has 0 unspecified atom stereocenters. The number of benzene rings is 2. The second-order valence-electron chi connectivity index (χ2n) is 4.63. The summed E-state index contributed by atoms with van der Waals surface area (Å²) in [5.41, 5.74) is -2.44. The lowest BCUT2D eigenvalue weighted by molar-refractivity contribution is -0.139. The van der Waals surface area contributed by atoms with Gasteiger partial charge in [0.25, 0.3) is 10.0 Å². The monoisotopic (exact) mass is 363 g/mol. The van der Waals surface area contributed by atoms with Gasteiger partial charge in [-0.05, 0) is 36.4 Å². The van der Waals surface area contributed by atoms with E-state index in [4.69, 9.17) is 5.11 Å². The van der Waals surface area contributed by atoms with Crippen LogP contribution in [-0.2, 0) is 16.2 Å². The number of halogens is 4. The summed E-state index contributed by atoms with van der Waals surface area (Å²) in [5.74, 6) is -2.91. The summed E-state index contributed by atoms with van der Waals surface area (Å²) in [5, 5.41) is 8.84. The summed E-state index contributed by atoms with van der Waals surface area (Å²) in [6.07, 6.45) is -4.99. The minimum atomic E-state index is -4.99. The van der Waals surface area contributed by atoms with Crippen LogP contribution in [0.25, 0.3) is 0 Å². The van der Waals surface area contributed by atoms with Gasteiger partial charge in [-0.1, -0.05) is 6.07 Å². The van der Waals surface area contributed by atoms with Crippen LogP contribution in [0.3, 0.4) is 0 Å². The average molecular weight is 363 g/mol. The number of rotatable bonds is 4. The molecule has 10 heteroatoms. The van der Waals surface area contributed by atoms with E-state index in [9.17, 15) is 30.8 Å². The maximum atomic E-state index is 13.2. The van der Waals surface area contributed by atoms with E-state index in [1.54, 1.807) is 0 Å². The topological polar surface area (TPSA) is 83.5 Å². The lowest BCUT2D eigenvalue weighted by Gasteiger charge is -2.12. The molecule has 0 aliphatic rings. The molecule has 0 fully saturated rings. The largest absolute Gasteiger partial charge is 0.478 e. The van der Waals surface area contributed by atoms with E-state index in [0.717, 1.165) is 24.3 Å². The highest BCUT2D eigenvalue weighted by Crippen LogP contribution is 2.33. The first-order valence-corrected chi connectivity index (χ1v) is 7.72. The minimum absolute atomic E-state index is 0.312. The van der Waals surface area contributed by atoms with Gasteiger partial charge in [0.1, 0.15) is 5.82 Å². The number of aromatic carboxylic acids is 1. The van der Waals surface area contributed by atoms with E-state index >= 15 is 0 Å². The van der Waals surface area contributed by atoms with Crippen LogP contribution in [0.1, 0.15) is 15.9 Å². The quantitative estimate of drug-likeness (QED) is 0.816. The Morgan fingerprint density at radius 3 is 2.33 bits per heavy atom. The molecule has 24 heavy (non-hydrogen) atoms. The van der Waals surface area contributed by atoms with E-state index in [2.05, 4.69) is 0 Å². The molecule has 2 N–H and O–H groups in total. The van der Waals surface area contributed by atoms with Gasteiger partial charge in [0.05, 0.1) is 16.0 Å². The van der Waals surface area contributed by atoms with Crippen LogP contribution in [0.15, 0.2) is 47.4 Å². The number of alkyl halides is 3. The Balaban J connectivity index is 2.40. The van der Waals surface area contributed by atoms with E-state index in [0.29, 0.717) is 12.1 Å². The number of nitrogens with one attached hydrogen (secondary N) is 1. The maximum absolute atomic E-state index is 13.2. The molecular formula is C14H9F4NO4S. The zero-order valence-electron chi connectivity index (χ0n) is 11.6. The third-order valence-corrected chi connectivity index (χ3v) is 4.29. The summed E-state index contributed by atoms with van der Waals surface area (Å²) >= 11 is 0. The molecule has 0 bridgehead atoms. The van der Waals surface area contributed by atoms with Gasteiger partial charge < -0.3 is 5.11 Å². The van der Waals surface area contributed by atoms with Gasteiger partial charge >= 0.3 is 12.1 Å². The Labute approximate surface area is 133 Å². The molecule has 0 amide bonds. The van der Waals surface area contributed by atoms with Crippen molar-refractivity contribution < 1.29 is 35.9 Å². The molecule has 2 aromatic rings. The van der Waals surface area contributed by atoms with Gasteiger partial charge in [0, 0.05) is 5.69 Å². The second kappa shape index (κ2) is 6.11. The number of carbonyl (C=O) groups is 1. The molecule has 0 radical (unpaired) electrons. The summed E-state index contributed by atoms with van der Waals surface area (Å²) in [4.78, 5) is 10.4. The van der Waals surface area contributed by atoms with Crippen LogP contribution >= 0.6 is 0 Å². The Hall–Kier alpha value is -2.62. The van der Waals surface area contributed by atoms with Crippen LogP contribution < -0.4 is 4.72 Å². The molecule has 128 valence electrons. The highest BCUT2D eigenvalue weighted by molar-refractivity contribution is 7.92. The van der Waals surface area contributed by atoms with Crippen molar-refractivity contribution in [3.05, 3.63) is 59.4 Å². The third-order valence-electron chi connectivity index (χ3n) is 2.92. The molecule has 2 aromatic carbocycles. The lowest BCUT2D eigenvalue weighted by Crippen LogP contribution is -2.15. The molecule has 0 saturated heterocycles. The Morgan fingerprint density at radius 1 is 1.08 bits per heavy atom. The number of carboxylic acids is 1. The fourth-order valence-electron chi connectivity index (χ4n) is 1.82. The normalized spacial score (nSPS) is 12.0. The van der Waals surface area contributed by atoms with Crippen molar-refractivity contribution >= 4 is 21.7 Å². The van der Waals surface area contributed by atoms with E-state index in [1.807, 2.05) is 4.72 Å². The first-order valence-electron chi connectivity index (χ1n) is 6.23. The minimum Gasteiger partial charge on any atom is -0.478 e. The van der Waals surface area contributed by atoms with Crippen LogP contribution in [0.5, 0.6) is 0 Å². The fourth-order valence-corrected chi connectivity index (χ4v) is 2.91. The number of hydrogen-bond acceptors (Lipinski definition) is 3. The van der Waals surface area contributed by atoms with Crippen LogP contribution in [0.2, 0.25) is 0 Å². The van der Waals surface area contributed by atoms with Crippen LogP contribution in [0, 0.1) is 5.82 Å². The zero-order valence-corrected chi connectivity index (χ0v) is 12.5. The van der Waals surface area contributed by atoms with E-state index < -0.39 is 44.1 Å². The fraction of sp³-hybridized carbons (Fsp3) is 0.0714. The van der Waals surface area contributed by atoms with Crippen molar-refractivity contribution in [3.8, 4) is 0 Å².